The van der Waals surface area contributed by atoms with Crippen LogP contribution in [-0.4, -0.2) is 49.4 Å². The number of carbonyl (C=O) groups excluding carboxylic acids is 2. The van der Waals surface area contributed by atoms with Crippen LogP contribution >= 0.6 is 12.4 Å². The van der Waals surface area contributed by atoms with Crippen LogP contribution in [0.25, 0.3) is 0 Å². The number of piperidine rings is 1. The fraction of sp³-hybridized carbons (Fsp3) is 0.556. The molecule has 2 unspecified atom stereocenters. The molecule has 24 heavy (non-hydrogen) atoms. The number of nitrogens with one attached hydrogen (secondary N) is 2. The Bertz CT molecular complexity index is 548. The van der Waals surface area contributed by atoms with Crippen LogP contribution in [0.5, 0.6) is 0 Å². The number of likely N-dealkylation sites (tertiary alicyclic amines) is 1. The largest absolute Gasteiger partial charge is 0.354 e. The van der Waals surface area contributed by atoms with Crippen molar-refractivity contribution >= 4 is 24.2 Å². The van der Waals surface area contributed by atoms with Crippen LogP contribution in [-0.2, 0) is 4.79 Å². The Labute approximate surface area is 150 Å². The first-order valence-corrected chi connectivity index (χ1v) is 8.32. The maximum absolute atomic E-state index is 12.6. The van der Waals surface area contributed by atoms with E-state index in [0.717, 1.165) is 24.9 Å². The molecule has 0 spiro atoms. The van der Waals surface area contributed by atoms with Crippen LogP contribution in [0.4, 0.5) is 0 Å². The minimum atomic E-state index is -0.109. The minimum absolute atomic E-state index is 0. The number of benzene rings is 1. The van der Waals surface area contributed by atoms with Crippen molar-refractivity contribution in [2.24, 2.45) is 5.92 Å². The van der Waals surface area contributed by atoms with Gasteiger partial charge in [0.05, 0.1) is 5.92 Å². The van der Waals surface area contributed by atoms with Crippen molar-refractivity contribution in [1.82, 2.24) is 15.5 Å². The van der Waals surface area contributed by atoms with Gasteiger partial charge >= 0.3 is 0 Å². The number of hydrogen-bond acceptors (Lipinski definition) is 3. The molecule has 5 nitrogen and oxygen atoms in total. The van der Waals surface area contributed by atoms with Crippen molar-refractivity contribution in [3.8, 4) is 0 Å². The third kappa shape index (κ3) is 5.49. The van der Waals surface area contributed by atoms with E-state index >= 15 is 0 Å². The SMILES string of the molecule is CNC(C)CNC(=O)C1CCCN(C(=O)c2ccc(C)cc2)C1.Cl. The van der Waals surface area contributed by atoms with E-state index < -0.39 is 0 Å². The van der Waals surface area contributed by atoms with Gasteiger partial charge in [0.1, 0.15) is 0 Å². The van der Waals surface area contributed by atoms with Crippen LogP contribution in [0.15, 0.2) is 24.3 Å². The summed E-state index contributed by atoms with van der Waals surface area (Å²) in [6, 6.07) is 7.85. The molecule has 2 N–H and O–H groups in total. The molecule has 1 heterocycles. The van der Waals surface area contributed by atoms with Gasteiger partial charge in [0.15, 0.2) is 0 Å². The van der Waals surface area contributed by atoms with Crippen LogP contribution < -0.4 is 10.6 Å². The number of halogens is 1. The van der Waals surface area contributed by atoms with E-state index in [1.165, 1.54) is 0 Å². The lowest BCUT2D eigenvalue weighted by atomic mass is 9.96. The summed E-state index contributed by atoms with van der Waals surface area (Å²) < 4.78 is 0. The Kier molecular flexibility index (Phi) is 8.22. The highest BCUT2D eigenvalue weighted by Gasteiger charge is 2.28. The predicted molar refractivity (Wildman–Crippen MR) is 98.6 cm³/mol. The Morgan fingerprint density at radius 2 is 1.96 bits per heavy atom. The Morgan fingerprint density at radius 3 is 2.58 bits per heavy atom. The zero-order chi connectivity index (χ0) is 16.8. The number of carbonyl (C=O) groups is 2. The lowest BCUT2D eigenvalue weighted by Crippen LogP contribution is -2.47. The van der Waals surface area contributed by atoms with E-state index in [1.54, 1.807) is 4.90 Å². The van der Waals surface area contributed by atoms with Crippen LogP contribution in [0, 0.1) is 12.8 Å². The molecule has 1 fully saturated rings. The zero-order valence-electron chi connectivity index (χ0n) is 14.7. The average molecular weight is 354 g/mol. The summed E-state index contributed by atoms with van der Waals surface area (Å²) >= 11 is 0. The van der Waals surface area contributed by atoms with E-state index in [9.17, 15) is 9.59 Å². The number of amides is 2. The second-order valence-electron chi connectivity index (χ2n) is 6.39. The third-order valence-corrected chi connectivity index (χ3v) is 4.45. The van der Waals surface area contributed by atoms with E-state index in [-0.39, 0.29) is 36.2 Å². The molecule has 2 amide bonds. The molecule has 0 aliphatic carbocycles. The van der Waals surface area contributed by atoms with Gasteiger partial charge in [0, 0.05) is 31.2 Å². The number of aryl methyl sites for hydroxylation is 1. The van der Waals surface area contributed by atoms with Crippen LogP contribution in [0.1, 0.15) is 35.7 Å². The highest BCUT2D eigenvalue weighted by atomic mass is 35.5. The first-order chi connectivity index (χ1) is 11.0. The van der Waals surface area contributed by atoms with Gasteiger partial charge in [-0.3, -0.25) is 9.59 Å². The van der Waals surface area contributed by atoms with Crippen molar-refractivity contribution < 1.29 is 9.59 Å². The summed E-state index contributed by atoms with van der Waals surface area (Å²) in [7, 11) is 1.87. The van der Waals surface area contributed by atoms with Gasteiger partial charge in [-0.25, -0.2) is 0 Å². The topological polar surface area (TPSA) is 61.4 Å². The number of likely N-dealkylation sites (N-methyl/N-ethyl adjacent to an activating group) is 1. The van der Waals surface area contributed by atoms with E-state index in [1.807, 2.05) is 45.2 Å². The molecule has 2 atom stereocenters. The molecular weight excluding hydrogens is 326 g/mol. The first kappa shape index (κ1) is 20.5. The summed E-state index contributed by atoms with van der Waals surface area (Å²) in [5.74, 6) is -0.0400. The van der Waals surface area contributed by atoms with Gasteiger partial charge in [0.25, 0.3) is 5.91 Å². The maximum Gasteiger partial charge on any atom is 0.253 e. The van der Waals surface area contributed by atoms with Crippen molar-refractivity contribution in [3.63, 3.8) is 0 Å². The van der Waals surface area contributed by atoms with Crippen LogP contribution in [0.2, 0.25) is 0 Å². The fourth-order valence-electron chi connectivity index (χ4n) is 2.75. The third-order valence-electron chi connectivity index (χ3n) is 4.45. The standard InChI is InChI=1S/C18H27N3O2.ClH/c1-13-6-8-15(9-7-13)18(23)21-10-4-5-16(12-21)17(22)20-11-14(2)19-3;/h6-9,14,16,19H,4-5,10-12H2,1-3H3,(H,20,22);1H. The number of rotatable bonds is 5. The second kappa shape index (κ2) is 9.64. The van der Waals surface area contributed by atoms with Gasteiger partial charge in [-0.15, -0.1) is 12.4 Å². The molecule has 0 radical (unpaired) electrons. The molecule has 0 aromatic heterocycles. The molecular formula is C18H28ClN3O2. The van der Waals surface area contributed by atoms with Crippen molar-refractivity contribution in [2.45, 2.75) is 32.7 Å². The highest BCUT2D eigenvalue weighted by Crippen LogP contribution is 2.19. The maximum atomic E-state index is 12.6. The van der Waals surface area contributed by atoms with Gasteiger partial charge < -0.3 is 15.5 Å². The normalized spacial score (nSPS) is 18.5. The van der Waals surface area contributed by atoms with Gasteiger partial charge in [-0.05, 0) is 45.9 Å². The molecule has 1 aliphatic heterocycles. The molecule has 1 saturated heterocycles. The summed E-state index contributed by atoms with van der Waals surface area (Å²) in [4.78, 5) is 26.7. The molecule has 1 aromatic rings. The van der Waals surface area contributed by atoms with E-state index in [4.69, 9.17) is 0 Å². The molecule has 6 heteroatoms. The minimum Gasteiger partial charge on any atom is -0.354 e. The molecule has 134 valence electrons. The first-order valence-electron chi connectivity index (χ1n) is 8.32. The predicted octanol–water partition coefficient (Wildman–Crippen LogP) is 1.99. The summed E-state index contributed by atoms with van der Waals surface area (Å²) in [6.07, 6.45) is 1.72. The van der Waals surface area contributed by atoms with E-state index in [0.29, 0.717) is 18.7 Å². The molecule has 1 aromatic carbocycles. The lowest BCUT2D eigenvalue weighted by molar-refractivity contribution is -0.126. The lowest BCUT2D eigenvalue weighted by Gasteiger charge is -2.32. The fourth-order valence-corrected chi connectivity index (χ4v) is 2.75. The Morgan fingerprint density at radius 1 is 1.29 bits per heavy atom. The van der Waals surface area contributed by atoms with E-state index in [2.05, 4.69) is 10.6 Å². The smallest absolute Gasteiger partial charge is 0.253 e. The number of hydrogen-bond donors (Lipinski definition) is 2. The van der Waals surface area contributed by atoms with Gasteiger partial charge in [0.2, 0.25) is 5.91 Å². The molecule has 0 bridgehead atoms. The number of nitrogens with zero attached hydrogens (tertiary/aromatic N) is 1. The highest BCUT2D eigenvalue weighted by molar-refractivity contribution is 5.94. The Balaban J connectivity index is 0.00000288. The monoisotopic (exact) mass is 353 g/mol. The van der Waals surface area contributed by atoms with Crippen molar-refractivity contribution in [1.29, 1.82) is 0 Å². The van der Waals surface area contributed by atoms with Crippen LogP contribution in [0.3, 0.4) is 0 Å². The van der Waals surface area contributed by atoms with Gasteiger partial charge in [-0.2, -0.15) is 0 Å². The summed E-state index contributed by atoms with van der Waals surface area (Å²) in [5, 5.41) is 6.07. The molecule has 0 saturated carbocycles. The summed E-state index contributed by atoms with van der Waals surface area (Å²) in [6.45, 7) is 5.86. The molecule has 1 aliphatic rings. The quantitative estimate of drug-likeness (QED) is 0.851. The van der Waals surface area contributed by atoms with Crippen molar-refractivity contribution in [2.75, 3.05) is 26.7 Å². The van der Waals surface area contributed by atoms with Gasteiger partial charge in [-0.1, -0.05) is 17.7 Å². The van der Waals surface area contributed by atoms with Crippen molar-refractivity contribution in [3.05, 3.63) is 35.4 Å². The Hall–Kier alpha value is -1.59. The second-order valence-corrected chi connectivity index (χ2v) is 6.39. The summed E-state index contributed by atoms with van der Waals surface area (Å²) in [5.41, 5.74) is 1.83. The zero-order valence-corrected chi connectivity index (χ0v) is 15.5. The average Bonchev–Trinajstić information content (AvgIpc) is 2.59. The molecule has 2 rings (SSSR count).